The molecule has 1 saturated carbocycles. The second kappa shape index (κ2) is 9.75. The van der Waals surface area contributed by atoms with Crippen molar-refractivity contribution in [1.82, 2.24) is 10.4 Å². The van der Waals surface area contributed by atoms with Crippen molar-refractivity contribution >= 4 is 17.6 Å². The summed E-state index contributed by atoms with van der Waals surface area (Å²) in [6, 6.07) is 12.8. The molecule has 1 N–H and O–H groups in total. The Labute approximate surface area is 196 Å². The molecule has 33 heavy (non-hydrogen) atoms. The molecule has 2 unspecified atom stereocenters. The number of nitrogens with zero attached hydrogens (tertiary/aromatic N) is 2. The van der Waals surface area contributed by atoms with Crippen LogP contribution in [0, 0.1) is 24.6 Å². The zero-order chi connectivity index (χ0) is 23.5. The molecule has 1 aliphatic carbocycles. The number of piperidine rings is 2. The molecule has 0 spiro atoms. The largest absolute Gasteiger partial charge is 0.407 e. The number of benzene rings is 2. The van der Waals surface area contributed by atoms with Crippen molar-refractivity contribution < 1.29 is 9.23 Å². The van der Waals surface area contributed by atoms with Gasteiger partial charge in [0.1, 0.15) is 17.7 Å². The van der Waals surface area contributed by atoms with E-state index in [-0.39, 0.29) is 12.0 Å². The van der Waals surface area contributed by atoms with Gasteiger partial charge in [0.05, 0.1) is 5.70 Å². The number of hydrogen-bond donors (Lipinski definition) is 1. The Morgan fingerprint density at radius 2 is 1.88 bits per heavy atom. The summed E-state index contributed by atoms with van der Waals surface area (Å²) in [4.78, 5) is 12.7. The molecule has 2 heterocycles. The molecule has 2 bridgehead atoms. The van der Waals surface area contributed by atoms with Gasteiger partial charge in [-0.05, 0) is 74.9 Å². The van der Waals surface area contributed by atoms with Crippen molar-refractivity contribution in [1.29, 1.82) is 0 Å². The maximum absolute atomic E-state index is 13.3. The van der Waals surface area contributed by atoms with E-state index in [0.29, 0.717) is 29.3 Å². The predicted octanol–water partition coefficient (Wildman–Crippen LogP) is 6.36. The SMILES string of the molecule is C=C(N=C/C=C\C)c1ccc(C)cc1C(=C)N1C2CC(C2)C(C)C1NOc1ccc(F)cc1. The van der Waals surface area contributed by atoms with Crippen LogP contribution < -0.4 is 10.3 Å². The van der Waals surface area contributed by atoms with E-state index < -0.39 is 0 Å². The normalized spacial score (nSPS) is 24.2. The van der Waals surface area contributed by atoms with Crippen molar-refractivity contribution in [2.24, 2.45) is 16.8 Å². The van der Waals surface area contributed by atoms with Crippen LogP contribution in [-0.4, -0.2) is 23.3 Å². The van der Waals surface area contributed by atoms with Crippen LogP contribution >= 0.6 is 0 Å². The molecule has 4 nitrogen and oxygen atoms in total. The fourth-order valence-corrected chi connectivity index (χ4v) is 4.78. The van der Waals surface area contributed by atoms with Crippen LogP contribution in [0.2, 0.25) is 0 Å². The fourth-order valence-electron chi connectivity index (χ4n) is 4.78. The number of allylic oxidation sites excluding steroid dienone is 2. The van der Waals surface area contributed by atoms with Gasteiger partial charge in [-0.3, -0.25) is 4.99 Å². The van der Waals surface area contributed by atoms with E-state index in [0.717, 1.165) is 35.2 Å². The fraction of sp³-hybridized carbons (Fsp3) is 0.321. The Kier molecular flexibility index (Phi) is 6.80. The minimum atomic E-state index is -0.283. The van der Waals surface area contributed by atoms with Gasteiger partial charge in [0.2, 0.25) is 0 Å². The molecule has 2 atom stereocenters. The Morgan fingerprint density at radius 1 is 1.15 bits per heavy atom. The molecular weight excluding hydrogens is 413 g/mol. The quantitative estimate of drug-likeness (QED) is 0.379. The van der Waals surface area contributed by atoms with Gasteiger partial charge in [-0.25, -0.2) is 4.39 Å². The summed E-state index contributed by atoms with van der Waals surface area (Å²) in [5.74, 6) is 1.33. The van der Waals surface area contributed by atoms with Crippen LogP contribution in [0.15, 0.2) is 72.8 Å². The summed E-state index contributed by atoms with van der Waals surface area (Å²) >= 11 is 0. The molecule has 0 aromatic heterocycles. The lowest BCUT2D eigenvalue weighted by Crippen LogP contribution is -2.65. The summed E-state index contributed by atoms with van der Waals surface area (Å²) in [7, 11) is 0. The van der Waals surface area contributed by atoms with Crippen LogP contribution in [0.3, 0.4) is 0 Å². The standard InChI is InChI=1S/C28H32FN3O/c1-6-7-14-30-20(4)26-13-8-18(2)15-27(26)21(5)32-24-16-22(17-24)19(3)28(32)31-33-25-11-9-23(29)10-12-25/h6-15,19,22,24,28,31H,4-5,16-17H2,1-3H3/b7-6-,30-14?. The maximum atomic E-state index is 13.3. The zero-order valence-electron chi connectivity index (χ0n) is 19.6. The second-order valence-electron chi connectivity index (χ2n) is 9.02. The maximum Gasteiger partial charge on any atom is 0.147 e. The monoisotopic (exact) mass is 445 g/mol. The van der Waals surface area contributed by atoms with Gasteiger partial charge in [-0.1, -0.05) is 43.9 Å². The molecule has 0 radical (unpaired) electrons. The first-order valence-electron chi connectivity index (χ1n) is 11.5. The van der Waals surface area contributed by atoms with Gasteiger partial charge < -0.3 is 9.74 Å². The third-order valence-corrected chi connectivity index (χ3v) is 6.81. The number of aliphatic imine (C=N–C) groups is 1. The lowest BCUT2D eigenvalue weighted by molar-refractivity contribution is -0.0876. The lowest BCUT2D eigenvalue weighted by atomic mass is 9.66. The summed E-state index contributed by atoms with van der Waals surface area (Å²) in [6.07, 6.45) is 7.84. The molecule has 2 aliphatic heterocycles. The van der Waals surface area contributed by atoms with E-state index in [1.807, 2.05) is 19.1 Å². The van der Waals surface area contributed by atoms with Crippen molar-refractivity contribution in [3.05, 3.63) is 90.3 Å². The van der Waals surface area contributed by atoms with E-state index in [9.17, 15) is 4.39 Å². The molecule has 0 amide bonds. The first-order chi connectivity index (χ1) is 15.9. The Balaban J connectivity index is 1.61. The third-order valence-electron chi connectivity index (χ3n) is 6.81. The average molecular weight is 446 g/mol. The van der Waals surface area contributed by atoms with Gasteiger partial charge in [-0.2, -0.15) is 0 Å². The smallest absolute Gasteiger partial charge is 0.147 e. The highest BCUT2D eigenvalue weighted by molar-refractivity contribution is 5.83. The van der Waals surface area contributed by atoms with Gasteiger partial charge in [-0.15, -0.1) is 5.48 Å². The van der Waals surface area contributed by atoms with Crippen LogP contribution in [0.1, 0.15) is 43.4 Å². The summed E-state index contributed by atoms with van der Waals surface area (Å²) < 4.78 is 13.3. The molecule has 2 aromatic carbocycles. The molecule has 3 fully saturated rings. The summed E-state index contributed by atoms with van der Waals surface area (Å²) in [5, 5.41) is 0. The highest BCUT2D eigenvalue weighted by atomic mass is 19.1. The van der Waals surface area contributed by atoms with Gasteiger partial charge in [0.15, 0.2) is 0 Å². The van der Waals surface area contributed by atoms with E-state index in [1.54, 1.807) is 18.3 Å². The van der Waals surface area contributed by atoms with Crippen molar-refractivity contribution in [2.45, 2.75) is 45.8 Å². The van der Waals surface area contributed by atoms with E-state index in [1.165, 1.54) is 12.1 Å². The molecule has 3 aliphatic rings. The predicted molar refractivity (Wildman–Crippen MR) is 134 cm³/mol. The number of hydrogen-bond acceptors (Lipinski definition) is 4. The lowest BCUT2D eigenvalue weighted by Gasteiger charge is -2.58. The number of aryl methyl sites for hydroxylation is 1. The minimum Gasteiger partial charge on any atom is -0.407 e. The molecule has 5 rings (SSSR count). The number of hydroxylamine groups is 1. The molecular formula is C28H32FN3O. The average Bonchev–Trinajstić information content (AvgIpc) is 2.77. The van der Waals surface area contributed by atoms with Crippen molar-refractivity contribution in [3.8, 4) is 5.75 Å². The zero-order valence-corrected chi connectivity index (χ0v) is 19.6. The molecule has 2 saturated heterocycles. The number of halogens is 1. The van der Waals surface area contributed by atoms with Crippen LogP contribution in [0.4, 0.5) is 4.39 Å². The summed E-state index contributed by atoms with van der Waals surface area (Å²) in [6.45, 7) is 15.0. The number of rotatable bonds is 8. The van der Waals surface area contributed by atoms with E-state index in [2.05, 4.69) is 60.6 Å². The Hall–Kier alpha value is -3.18. The van der Waals surface area contributed by atoms with Crippen LogP contribution in [-0.2, 0) is 0 Å². The third kappa shape index (κ3) is 4.79. The topological polar surface area (TPSA) is 36.9 Å². The number of nitrogens with one attached hydrogen (secondary N) is 1. The highest BCUT2D eigenvalue weighted by Gasteiger charge is 2.49. The second-order valence-corrected chi connectivity index (χ2v) is 9.02. The van der Waals surface area contributed by atoms with Crippen molar-refractivity contribution in [3.63, 3.8) is 0 Å². The van der Waals surface area contributed by atoms with Gasteiger partial charge >= 0.3 is 0 Å². The van der Waals surface area contributed by atoms with Gasteiger partial charge in [0, 0.05) is 29.1 Å². The van der Waals surface area contributed by atoms with E-state index in [4.69, 9.17) is 4.84 Å². The first-order valence-corrected chi connectivity index (χ1v) is 11.5. The first kappa shape index (κ1) is 23.0. The van der Waals surface area contributed by atoms with Crippen LogP contribution in [0.5, 0.6) is 5.75 Å². The molecule has 172 valence electrons. The van der Waals surface area contributed by atoms with Gasteiger partial charge in [0.25, 0.3) is 0 Å². The Morgan fingerprint density at radius 3 is 2.58 bits per heavy atom. The number of fused-ring (bicyclic) bond motifs is 2. The molecule has 2 aromatic rings. The van der Waals surface area contributed by atoms with Crippen molar-refractivity contribution in [2.75, 3.05) is 0 Å². The highest BCUT2D eigenvalue weighted by Crippen LogP contribution is 2.49. The van der Waals surface area contributed by atoms with Crippen LogP contribution in [0.25, 0.3) is 11.4 Å². The summed E-state index contributed by atoms with van der Waals surface area (Å²) in [5.41, 5.74) is 8.05. The Bertz CT molecular complexity index is 1080. The van der Waals surface area contributed by atoms with E-state index >= 15 is 0 Å². The minimum absolute atomic E-state index is 0.0480. The molecule has 5 heteroatoms.